The molecule has 1 aromatic rings. The minimum absolute atomic E-state index is 0.0393. The summed E-state index contributed by atoms with van der Waals surface area (Å²) in [7, 11) is 0. The largest absolute Gasteiger partial charge is 0.481 e. The Morgan fingerprint density at radius 2 is 2.11 bits per heavy atom. The van der Waals surface area contributed by atoms with Crippen LogP contribution in [0.25, 0.3) is 0 Å². The zero-order valence-corrected chi connectivity index (χ0v) is 10.4. The van der Waals surface area contributed by atoms with E-state index in [9.17, 15) is 9.59 Å². The Hall–Kier alpha value is -1.84. The molecule has 0 spiro atoms. The van der Waals surface area contributed by atoms with E-state index in [0.29, 0.717) is 12.1 Å². The lowest BCUT2D eigenvalue weighted by Crippen LogP contribution is -2.37. The zero-order valence-electron chi connectivity index (χ0n) is 10.4. The first-order valence-electron chi connectivity index (χ1n) is 6.18. The topological polar surface area (TPSA) is 57.6 Å². The number of hydrogen-bond acceptors (Lipinski definition) is 2. The van der Waals surface area contributed by atoms with E-state index in [-0.39, 0.29) is 18.4 Å². The summed E-state index contributed by atoms with van der Waals surface area (Å²) < 4.78 is 0. The molecule has 0 bridgehead atoms. The van der Waals surface area contributed by atoms with Crippen LogP contribution < -0.4 is 0 Å². The number of aliphatic carboxylic acids is 1. The molecule has 1 aliphatic heterocycles. The number of amides is 1. The molecule has 1 fully saturated rings. The Labute approximate surface area is 106 Å². The third-order valence-electron chi connectivity index (χ3n) is 3.42. The number of benzene rings is 1. The highest BCUT2D eigenvalue weighted by atomic mass is 16.4. The lowest BCUT2D eigenvalue weighted by atomic mass is 10.1. The molecule has 0 aromatic heterocycles. The minimum Gasteiger partial charge on any atom is -0.481 e. The second-order valence-corrected chi connectivity index (χ2v) is 4.71. The van der Waals surface area contributed by atoms with Gasteiger partial charge in [0.25, 0.3) is 5.91 Å². The number of likely N-dealkylation sites (tertiary alicyclic amines) is 1. The van der Waals surface area contributed by atoms with E-state index in [1.807, 2.05) is 25.1 Å². The van der Waals surface area contributed by atoms with Crippen LogP contribution in [0.4, 0.5) is 0 Å². The number of carbonyl (C=O) groups excluding carboxylic acids is 1. The second-order valence-electron chi connectivity index (χ2n) is 4.71. The molecule has 1 saturated heterocycles. The van der Waals surface area contributed by atoms with Crippen molar-refractivity contribution in [3.05, 3.63) is 35.4 Å². The number of carboxylic acids is 1. The highest BCUT2D eigenvalue weighted by molar-refractivity contribution is 5.96. The third-order valence-corrected chi connectivity index (χ3v) is 3.42. The molecule has 18 heavy (non-hydrogen) atoms. The number of carboxylic acid groups (broad SMARTS) is 1. The molecule has 1 aromatic carbocycles. The van der Waals surface area contributed by atoms with E-state index < -0.39 is 5.97 Å². The van der Waals surface area contributed by atoms with E-state index in [1.165, 1.54) is 0 Å². The molecule has 4 nitrogen and oxygen atoms in total. The maximum atomic E-state index is 12.4. The Bertz CT molecular complexity index is 470. The maximum Gasteiger partial charge on any atom is 0.305 e. The summed E-state index contributed by atoms with van der Waals surface area (Å²) >= 11 is 0. The van der Waals surface area contributed by atoms with Gasteiger partial charge >= 0.3 is 5.97 Å². The first-order chi connectivity index (χ1) is 8.59. The quantitative estimate of drug-likeness (QED) is 0.889. The predicted molar refractivity (Wildman–Crippen MR) is 67.5 cm³/mol. The van der Waals surface area contributed by atoms with E-state index in [2.05, 4.69) is 0 Å². The third kappa shape index (κ3) is 2.53. The van der Waals surface area contributed by atoms with Crippen molar-refractivity contribution in [2.24, 2.45) is 0 Å². The molecular formula is C14H17NO3. The molecule has 0 aliphatic carbocycles. The fourth-order valence-corrected chi connectivity index (χ4v) is 2.48. The van der Waals surface area contributed by atoms with E-state index in [0.717, 1.165) is 18.4 Å². The minimum atomic E-state index is -0.843. The first kappa shape index (κ1) is 12.6. The van der Waals surface area contributed by atoms with Gasteiger partial charge < -0.3 is 10.0 Å². The Balaban J connectivity index is 2.18. The number of nitrogens with zero attached hydrogens (tertiary/aromatic N) is 1. The van der Waals surface area contributed by atoms with Crippen LogP contribution in [-0.4, -0.2) is 34.5 Å². The average molecular weight is 247 g/mol. The summed E-state index contributed by atoms with van der Waals surface area (Å²) in [5.74, 6) is -0.888. The Morgan fingerprint density at radius 3 is 2.78 bits per heavy atom. The number of carbonyl (C=O) groups is 2. The van der Waals surface area contributed by atoms with Gasteiger partial charge in [-0.2, -0.15) is 0 Å². The van der Waals surface area contributed by atoms with Crippen LogP contribution in [0, 0.1) is 6.92 Å². The molecule has 1 heterocycles. The van der Waals surface area contributed by atoms with Crippen LogP contribution in [0.2, 0.25) is 0 Å². The van der Waals surface area contributed by atoms with Crippen molar-refractivity contribution >= 4 is 11.9 Å². The standard InChI is InChI=1S/C14H17NO3/c1-10-5-2-3-7-12(10)14(18)15-8-4-6-11(15)9-13(16)17/h2-3,5,7,11H,4,6,8-9H2,1H3,(H,16,17). The summed E-state index contributed by atoms with van der Waals surface area (Å²) in [4.78, 5) is 24.9. The maximum absolute atomic E-state index is 12.4. The van der Waals surface area contributed by atoms with Gasteiger partial charge in [-0.05, 0) is 31.4 Å². The van der Waals surface area contributed by atoms with Crippen molar-refractivity contribution in [3.8, 4) is 0 Å². The molecule has 1 atom stereocenters. The van der Waals surface area contributed by atoms with Crippen molar-refractivity contribution in [1.82, 2.24) is 4.90 Å². The van der Waals surface area contributed by atoms with E-state index in [4.69, 9.17) is 5.11 Å². The van der Waals surface area contributed by atoms with Gasteiger partial charge in [0.2, 0.25) is 0 Å². The monoisotopic (exact) mass is 247 g/mol. The fraction of sp³-hybridized carbons (Fsp3) is 0.429. The lowest BCUT2D eigenvalue weighted by molar-refractivity contribution is -0.137. The average Bonchev–Trinajstić information content (AvgIpc) is 2.76. The Morgan fingerprint density at radius 1 is 1.39 bits per heavy atom. The molecule has 1 unspecified atom stereocenters. The summed E-state index contributed by atoms with van der Waals surface area (Å²) in [6.07, 6.45) is 1.71. The van der Waals surface area contributed by atoms with Gasteiger partial charge in [0, 0.05) is 18.2 Å². The smallest absolute Gasteiger partial charge is 0.305 e. The van der Waals surface area contributed by atoms with E-state index >= 15 is 0 Å². The number of hydrogen-bond donors (Lipinski definition) is 1. The van der Waals surface area contributed by atoms with Crippen molar-refractivity contribution < 1.29 is 14.7 Å². The van der Waals surface area contributed by atoms with Crippen molar-refractivity contribution in [2.75, 3.05) is 6.54 Å². The van der Waals surface area contributed by atoms with Crippen LogP contribution in [0.1, 0.15) is 35.2 Å². The first-order valence-corrected chi connectivity index (χ1v) is 6.18. The zero-order chi connectivity index (χ0) is 13.1. The summed E-state index contributed by atoms with van der Waals surface area (Å²) in [5.41, 5.74) is 1.61. The van der Waals surface area contributed by atoms with Gasteiger partial charge in [-0.3, -0.25) is 9.59 Å². The summed E-state index contributed by atoms with van der Waals surface area (Å²) in [6, 6.07) is 7.27. The van der Waals surface area contributed by atoms with Crippen molar-refractivity contribution in [1.29, 1.82) is 0 Å². The van der Waals surface area contributed by atoms with Gasteiger partial charge in [-0.15, -0.1) is 0 Å². The SMILES string of the molecule is Cc1ccccc1C(=O)N1CCCC1CC(=O)O. The second kappa shape index (κ2) is 5.21. The highest BCUT2D eigenvalue weighted by Gasteiger charge is 2.31. The van der Waals surface area contributed by atoms with Crippen LogP contribution in [0.5, 0.6) is 0 Å². The van der Waals surface area contributed by atoms with Gasteiger partial charge in [-0.25, -0.2) is 0 Å². The van der Waals surface area contributed by atoms with Crippen LogP contribution in [0.3, 0.4) is 0 Å². The van der Waals surface area contributed by atoms with Crippen LogP contribution in [-0.2, 0) is 4.79 Å². The molecule has 1 amide bonds. The van der Waals surface area contributed by atoms with Gasteiger partial charge in [-0.1, -0.05) is 18.2 Å². The molecule has 0 saturated carbocycles. The fourth-order valence-electron chi connectivity index (χ4n) is 2.48. The predicted octanol–water partition coefficient (Wildman–Crippen LogP) is 2.07. The molecule has 1 aliphatic rings. The van der Waals surface area contributed by atoms with Gasteiger partial charge in [0.15, 0.2) is 0 Å². The van der Waals surface area contributed by atoms with E-state index in [1.54, 1.807) is 11.0 Å². The van der Waals surface area contributed by atoms with Gasteiger partial charge in [0.1, 0.15) is 0 Å². The van der Waals surface area contributed by atoms with Crippen LogP contribution >= 0.6 is 0 Å². The molecule has 4 heteroatoms. The number of aryl methyl sites for hydroxylation is 1. The Kier molecular flexibility index (Phi) is 3.65. The van der Waals surface area contributed by atoms with Crippen LogP contribution in [0.15, 0.2) is 24.3 Å². The summed E-state index contributed by atoms with van der Waals surface area (Å²) in [5, 5.41) is 8.86. The van der Waals surface area contributed by atoms with Crippen molar-refractivity contribution in [3.63, 3.8) is 0 Å². The molecule has 96 valence electrons. The molecule has 0 radical (unpaired) electrons. The highest BCUT2D eigenvalue weighted by Crippen LogP contribution is 2.23. The number of rotatable bonds is 3. The molecular weight excluding hydrogens is 230 g/mol. The molecule has 2 rings (SSSR count). The van der Waals surface area contributed by atoms with Gasteiger partial charge in [0.05, 0.1) is 6.42 Å². The van der Waals surface area contributed by atoms with Crippen molar-refractivity contribution in [2.45, 2.75) is 32.2 Å². The normalized spacial score (nSPS) is 18.9. The summed E-state index contributed by atoms with van der Waals surface area (Å²) in [6.45, 7) is 2.56. The lowest BCUT2D eigenvalue weighted by Gasteiger charge is -2.24. The molecule has 1 N–H and O–H groups in total.